The minimum absolute atomic E-state index is 0.154. The Hall–Kier alpha value is -2.20. The van der Waals surface area contributed by atoms with Crippen LogP contribution in [0.4, 0.5) is 4.39 Å². The van der Waals surface area contributed by atoms with Crippen molar-refractivity contribution in [2.75, 3.05) is 19.6 Å². The molecule has 1 amide bonds. The zero-order chi connectivity index (χ0) is 18.4. The average molecular weight is 354 g/mol. The second-order valence-corrected chi connectivity index (χ2v) is 7.14. The van der Waals surface area contributed by atoms with E-state index in [9.17, 15) is 9.18 Å². The van der Waals surface area contributed by atoms with E-state index in [0.717, 1.165) is 44.5 Å². The number of carbonyl (C=O) groups is 1. The van der Waals surface area contributed by atoms with Crippen molar-refractivity contribution < 1.29 is 9.18 Å². The quantitative estimate of drug-likeness (QED) is 0.862. The molecule has 1 aliphatic heterocycles. The Labute approximate surface area is 155 Å². The Morgan fingerprint density at radius 3 is 2.65 bits per heavy atom. The third kappa shape index (κ3) is 5.15. The number of amides is 1. The standard InChI is InChI=1S/C22H27FN2O/c1-17(26)25-13-11-22(20(16-25)14-18-6-3-2-4-7-18)24-12-10-19-8-5-9-21(23)15-19/h2-9,15,20,22,24H,10-14,16H2,1H3/t20-,22+/m1/s1. The van der Waals surface area contributed by atoms with Crippen molar-refractivity contribution in [1.29, 1.82) is 0 Å². The molecule has 1 saturated heterocycles. The highest BCUT2D eigenvalue weighted by Gasteiger charge is 2.30. The highest BCUT2D eigenvalue weighted by molar-refractivity contribution is 5.73. The molecule has 2 aromatic rings. The molecule has 0 spiro atoms. The summed E-state index contributed by atoms with van der Waals surface area (Å²) in [6.45, 7) is 4.07. The molecule has 26 heavy (non-hydrogen) atoms. The maximum absolute atomic E-state index is 13.3. The number of likely N-dealkylation sites (tertiary alicyclic amines) is 1. The van der Waals surface area contributed by atoms with Crippen molar-refractivity contribution >= 4 is 5.91 Å². The predicted octanol–water partition coefficient (Wildman–Crippen LogP) is 3.44. The second kappa shape index (κ2) is 8.95. The van der Waals surface area contributed by atoms with Crippen molar-refractivity contribution in [3.63, 3.8) is 0 Å². The lowest BCUT2D eigenvalue weighted by atomic mass is 9.86. The molecule has 3 rings (SSSR count). The van der Waals surface area contributed by atoms with E-state index in [0.29, 0.717) is 12.0 Å². The van der Waals surface area contributed by atoms with E-state index in [-0.39, 0.29) is 11.7 Å². The molecule has 0 radical (unpaired) electrons. The van der Waals surface area contributed by atoms with Crippen LogP contribution in [0.15, 0.2) is 54.6 Å². The van der Waals surface area contributed by atoms with Crippen LogP contribution in [0.5, 0.6) is 0 Å². The smallest absolute Gasteiger partial charge is 0.219 e. The van der Waals surface area contributed by atoms with Crippen LogP contribution in [0.3, 0.4) is 0 Å². The average Bonchev–Trinajstić information content (AvgIpc) is 2.63. The number of hydrogen-bond acceptors (Lipinski definition) is 2. The molecule has 1 fully saturated rings. The number of rotatable bonds is 6. The molecule has 1 N–H and O–H groups in total. The lowest BCUT2D eigenvalue weighted by Crippen LogP contribution is -2.51. The number of piperidine rings is 1. The summed E-state index contributed by atoms with van der Waals surface area (Å²) in [7, 11) is 0. The molecule has 2 aromatic carbocycles. The van der Waals surface area contributed by atoms with Gasteiger partial charge in [0.15, 0.2) is 0 Å². The maximum Gasteiger partial charge on any atom is 0.219 e. The van der Waals surface area contributed by atoms with Gasteiger partial charge in [-0.15, -0.1) is 0 Å². The van der Waals surface area contributed by atoms with Gasteiger partial charge in [0.05, 0.1) is 0 Å². The van der Waals surface area contributed by atoms with Crippen LogP contribution in [0, 0.1) is 11.7 Å². The second-order valence-electron chi connectivity index (χ2n) is 7.14. The van der Waals surface area contributed by atoms with E-state index in [4.69, 9.17) is 0 Å². The van der Waals surface area contributed by atoms with Gasteiger partial charge in [-0.2, -0.15) is 0 Å². The van der Waals surface area contributed by atoms with Gasteiger partial charge in [0, 0.05) is 26.1 Å². The van der Waals surface area contributed by atoms with Crippen molar-refractivity contribution in [1.82, 2.24) is 10.2 Å². The number of nitrogens with one attached hydrogen (secondary N) is 1. The lowest BCUT2D eigenvalue weighted by molar-refractivity contribution is -0.131. The fourth-order valence-corrected chi connectivity index (χ4v) is 3.80. The summed E-state index contributed by atoms with van der Waals surface area (Å²) in [5.41, 5.74) is 2.32. The largest absolute Gasteiger partial charge is 0.343 e. The number of benzene rings is 2. The highest BCUT2D eigenvalue weighted by atomic mass is 19.1. The normalized spacial score (nSPS) is 20.2. The van der Waals surface area contributed by atoms with E-state index in [1.54, 1.807) is 19.1 Å². The van der Waals surface area contributed by atoms with Gasteiger partial charge in [0.1, 0.15) is 5.82 Å². The molecule has 1 heterocycles. The van der Waals surface area contributed by atoms with Gasteiger partial charge in [0.25, 0.3) is 0 Å². The van der Waals surface area contributed by atoms with Crippen LogP contribution in [0.1, 0.15) is 24.5 Å². The molecule has 138 valence electrons. The number of hydrogen-bond donors (Lipinski definition) is 1. The minimum atomic E-state index is -0.181. The zero-order valence-electron chi connectivity index (χ0n) is 15.3. The molecule has 0 saturated carbocycles. The minimum Gasteiger partial charge on any atom is -0.343 e. The molecule has 3 nitrogen and oxygen atoms in total. The molecule has 0 unspecified atom stereocenters. The molecular weight excluding hydrogens is 327 g/mol. The van der Waals surface area contributed by atoms with Crippen molar-refractivity contribution in [3.8, 4) is 0 Å². The van der Waals surface area contributed by atoms with Crippen LogP contribution in [0.2, 0.25) is 0 Å². The van der Waals surface area contributed by atoms with Gasteiger partial charge >= 0.3 is 0 Å². The molecule has 0 aliphatic carbocycles. The summed E-state index contributed by atoms with van der Waals surface area (Å²) >= 11 is 0. The first-order valence-electron chi connectivity index (χ1n) is 9.39. The van der Waals surface area contributed by atoms with Crippen molar-refractivity contribution in [3.05, 3.63) is 71.5 Å². The Bertz CT molecular complexity index is 719. The van der Waals surface area contributed by atoms with E-state index < -0.39 is 0 Å². The third-order valence-electron chi connectivity index (χ3n) is 5.23. The van der Waals surface area contributed by atoms with Crippen LogP contribution in [-0.2, 0) is 17.6 Å². The van der Waals surface area contributed by atoms with Crippen molar-refractivity contribution in [2.45, 2.75) is 32.2 Å². The van der Waals surface area contributed by atoms with Gasteiger partial charge in [-0.25, -0.2) is 4.39 Å². The van der Waals surface area contributed by atoms with Crippen LogP contribution in [0.25, 0.3) is 0 Å². The fourth-order valence-electron chi connectivity index (χ4n) is 3.80. The first-order chi connectivity index (χ1) is 12.6. The lowest BCUT2D eigenvalue weighted by Gasteiger charge is -2.39. The van der Waals surface area contributed by atoms with Gasteiger partial charge < -0.3 is 10.2 Å². The Kier molecular flexibility index (Phi) is 6.40. The van der Waals surface area contributed by atoms with Crippen LogP contribution < -0.4 is 5.32 Å². The van der Waals surface area contributed by atoms with E-state index in [1.807, 2.05) is 17.0 Å². The van der Waals surface area contributed by atoms with E-state index in [2.05, 4.69) is 29.6 Å². The Balaban J connectivity index is 1.60. The molecule has 1 aliphatic rings. The topological polar surface area (TPSA) is 32.3 Å². The molecule has 0 bridgehead atoms. The molecular formula is C22H27FN2O. The van der Waals surface area contributed by atoms with Gasteiger partial charge in [-0.05, 0) is 55.0 Å². The summed E-state index contributed by atoms with van der Waals surface area (Å²) in [5, 5.41) is 3.66. The third-order valence-corrected chi connectivity index (χ3v) is 5.23. The molecule has 2 atom stereocenters. The SMILES string of the molecule is CC(=O)N1CC[C@H](NCCc2cccc(F)c2)[C@H](Cc2ccccc2)C1. The maximum atomic E-state index is 13.3. The van der Waals surface area contributed by atoms with Crippen molar-refractivity contribution in [2.24, 2.45) is 5.92 Å². The number of halogens is 1. The van der Waals surface area contributed by atoms with Crippen LogP contribution >= 0.6 is 0 Å². The summed E-state index contributed by atoms with van der Waals surface area (Å²) in [6, 6.07) is 17.6. The van der Waals surface area contributed by atoms with Gasteiger partial charge in [-0.1, -0.05) is 42.5 Å². The monoisotopic (exact) mass is 354 g/mol. The first-order valence-corrected chi connectivity index (χ1v) is 9.39. The summed E-state index contributed by atoms with van der Waals surface area (Å²) in [5.74, 6) is 0.364. The highest BCUT2D eigenvalue weighted by Crippen LogP contribution is 2.22. The summed E-state index contributed by atoms with van der Waals surface area (Å²) < 4.78 is 13.3. The Morgan fingerprint density at radius 2 is 1.92 bits per heavy atom. The molecule has 4 heteroatoms. The number of carbonyl (C=O) groups excluding carboxylic acids is 1. The number of nitrogens with zero attached hydrogens (tertiary/aromatic N) is 1. The first kappa shape index (κ1) is 18.6. The van der Waals surface area contributed by atoms with Gasteiger partial charge in [0.2, 0.25) is 5.91 Å². The fraction of sp³-hybridized carbons (Fsp3) is 0.409. The van der Waals surface area contributed by atoms with Crippen LogP contribution in [-0.4, -0.2) is 36.5 Å². The van der Waals surface area contributed by atoms with Gasteiger partial charge in [-0.3, -0.25) is 4.79 Å². The Morgan fingerprint density at radius 1 is 1.15 bits per heavy atom. The zero-order valence-corrected chi connectivity index (χ0v) is 15.3. The summed E-state index contributed by atoms with van der Waals surface area (Å²) in [6.07, 6.45) is 2.73. The molecule has 0 aromatic heterocycles. The predicted molar refractivity (Wildman–Crippen MR) is 102 cm³/mol. The van der Waals surface area contributed by atoms with E-state index in [1.165, 1.54) is 11.6 Å². The summed E-state index contributed by atoms with van der Waals surface area (Å²) in [4.78, 5) is 13.8. The van der Waals surface area contributed by atoms with E-state index >= 15 is 0 Å².